The van der Waals surface area contributed by atoms with Crippen molar-refractivity contribution in [1.82, 2.24) is 4.72 Å². The summed E-state index contributed by atoms with van der Waals surface area (Å²) in [6.45, 7) is 2.21. The molecule has 2 atom stereocenters. The molecule has 0 saturated heterocycles. The van der Waals surface area contributed by atoms with Crippen LogP contribution < -0.4 is 4.72 Å². The number of hydrogen-bond acceptors (Lipinski definition) is 2. The Balaban J connectivity index is 2.06. The third-order valence-corrected chi connectivity index (χ3v) is 5.24. The van der Waals surface area contributed by atoms with Crippen LogP contribution >= 0.6 is 0 Å². The predicted molar refractivity (Wildman–Crippen MR) is 72.8 cm³/mol. The highest BCUT2D eigenvalue weighted by atomic mass is 32.2. The molecule has 1 fully saturated rings. The molecule has 1 aromatic rings. The molecule has 0 bridgehead atoms. The normalized spacial score (nSPS) is 24.9. The summed E-state index contributed by atoms with van der Waals surface area (Å²) >= 11 is 0. The van der Waals surface area contributed by atoms with Crippen LogP contribution in [0, 0.1) is 11.7 Å². The molecule has 0 aromatic heterocycles. The first-order valence-electron chi connectivity index (χ1n) is 6.75. The average Bonchev–Trinajstić information content (AvgIpc) is 2.54. The van der Waals surface area contributed by atoms with Crippen LogP contribution in [0.5, 0.6) is 0 Å². The second-order valence-corrected chi connectivity index (χ2v) is 7.10. The topological polar surface area (TPSA) is 46.2 Å². The van der Waals surface area contributed by atoms with Crippen LogP contribution in [0.4, 0.5) is 4.39 Å². The van der Waals surface area contributed by atoms with Crippen LogP contribution in [-0.4, -0.2) is 14.5 Å². The van der Waals surface area contributed by atoms with E-state index in [0.717, 1.165) is 32.1 Å². The molecule has 1 aliphatic rings. The highest BCUT2D eigenvalue weighted by Gasteiger charge is 2.22. The maximum absolute atomic E-state index is 12.8. The Morgan fingerprint density at radius 2 is 1.79 bits per heavy atom. The van der Waals surface area contributed by atoms with E-state index in [1.165, 1.54) is 24.3 Å². The lowest BCUT2D eigenvalue weighted by molar-refractivity contribution is 0.484. The van der Waals surface area contributed by atoms with Gasteiger partial charge in [0.1, 0.15) is 5.82 Å². The van der Waals surface area contributed by atoms with Crippen molar-refractivity contribution < 1.29 is 12.8 Å². The molecule has 5 heteroatoms. The Hall–Kier alpha value is -0.940. The van der Waals surface area contributed by atoms with Gasteiger partial charge in [-0.05, 0) is 49.4 Å². The van der Waals surface area contributed by atoms with Gasteiger partial charge in [-0.2, -0.15) is 0 Å². The van der Waals surface area contributed by atoms with Crippen LogP contribution in [-0.2, 0) is 10.0 Å². The van der Waals surface area contributed by atoms with Crippen molar-refractivity contribution in [2.75, 3.05) is 0 Å². The van der Waals surface area contributed by atoms with Gasteiger partial charge in [-0.3, -0.25) is 0 Å². The number of benzene rings is 1. The van der Waals surface area contributed by atoms with Crippen molar-refractivity contribution in [2.45, 2.75) is 50.0 Å². The van der Waals surface area contributed by atoms with Gasteiger partial charge in [-0.15, -0.1) is 0 Å². The Morgan fingerprint density at radius 1 is 1.11 bits per heavy atom. The average molecular weight is 285 g/mol. The maximum atomic E-state index is 12.8. The second kappa shape index (κ2) is 6.01. The van der Waals surface area contributed by atoms with Gasteiger partial charge in [0, 0.05) is 6.04 Å². The quantitative estimate of drug-likeness (QED) is 0.868. The molecule has 0 amide bonds. The molecule has 1 aliphatic carbocycles. The molecular formula is C14H20FNO2S. The van der Waals surface area contributed by atoms with Crippen molar-refractivity contribution in [3.05, 3.63) is 30.1 Å². The van der Waals surface area contributed by atoms with E-state index in [9.17, 15) is 12.8 Å². The van der Waals surface area contributed by atoms with Gasteiger partial charge in [0.25, 0.3) is 0 Å². The second-order valence-electron chi connectivity index (χ2n) is 5.39. The molecule has 1 saturated carbocycles. The van der Waals surface area contributed by atoms with Gasteiger partial charge in [0.15, 0.2) is 0 Å². The van der Waals surface area contributed by atoms with E-state index in [1.807, 2.05) is 0 Å². The summed E-state index contributed by atoms with van der Waals surface area (Å²) in [4.78, 5) is 0.131. The third kappa shape index (κ3) is 4.01. The van der Waals surface area contributed by atoms with Gasteiger partial charge in [-0.25, -0.2) is 17.5 Å². The number of rotatable bonds is 3. The Labute approximate surface area is 114 Å². The summed E-state index contributed by atoms with van der Waals surface area (Å²) in [5, 5.41) is 0. The fourth-order valence-corrected chi connectivity index (χ4v) is 3.81. The van der Waals surface area contributed by atoms with E-state index in [-0.39, 0.29) is 10.9 Å². The Bertz CT molecular complexity index is 513. The molecule has 0 spiro atoms. The predicted octanol–water partition coefficient (Wildman–Crippen LogP) is 3.07. The van der Waals surface area contributed by atoms with Gasteiger partial charge >= 0.3 is 0 Å². The first kappa shape index (κ1) is 14.5. The van der Waals surface area contributed by atoms with Crippen LogP contribution in [0.1, 0.15) is 39.0 Å². The molecule has 0 radical (unpaired) electrons. The van der Waals surface area contributed by atoms with Crippen LogP contribution in [0.25, 0.3) is 0 Å². The molecule has 1 aromatic carbocycles. The highest BCUT2D eigenvalue weighted by Crippen LogP contribution is 2.23. The van der Waals surface area contributed by atoms with E-state index in [1.54, 1.807) is 0 Å². The molecule has 2 rings (SSSR count). The van der Waals surface area contributed by atoms with Crippen molar-refractivity contribution in [3.8, 4) is 0 Å². The minimum Gasteiger partial charge on any atom is -0.208 e. The zero-order chi connectivity index (χ0) is 13.9. The first-order valence-corrected chi connectivity index (χ1v) is 8.23. The molecule has 106 valence electrons. The van der Waals surface area contributed by atoms with Crippen molar-refractivity contribution in [1.29, 1.82) is 0 Å². The standard InChI is InChI=1S/C14H20FNO2S/c1-11-3-2-4-13(8-5-11)16-19(17,18)14-9-6-12(15)7-10-14/h6-7,9-11,13,16H,2-5,8H2,1H3. The summed E-state index contributed by atoms with van der Waals surface area (Å²) in [5.74, 6) is 0.238. The van der Waals surface area contributed by atoms with Gasteiger partial charge in [-0.1, -0.05) is 19.8 Å². The van der Waals surface area contributed by atoms with Gasteiger partial charge < -0.3 is 0 Å². The molecule has 0 heterocycles. The Kier molecular flexibility index (Phi) is 4.58. The molecule has 3 nitrogen and oxygen atoms in total. The molecule has 1 N–H and O–H groups in total. The van der Waals surface area contributed by atoms with Crippen molar-refractivity contribution in [2.24, 2.45) is 5.92 Å². The minimum absolute atomic E-state index is 0.00000283. The number of nitrogens with one attached hydrogen (secondary N) is 1. The van der Waals surface area contributed by atoms with Gasteiger partial charge in [0.05, 0.1) is 4.90 Å². The van der Waals surface area contributed by atoms with Crippen molar-refractivity contribution in [3.63, 3.8) is 0 Å². The fraction of sp³-hybridized carbons (Fsp3) is 0.571. The maximum Gasteiger partial charge on any atom is 0.240 e. The van der Waals surface area contributed by atoms with Gasteiger partial charge in [0.2, 0.25) is 10.0 Å². The monoisotopic (exact) mass is 285 g/mol. The number of sulfonamides is 1. The largest absolute Gasteiger partial charge is 0.240 e. The van der Waals surface area contributed by atoms with E-state index in [2.05, 4.69) is 11.6 Å². The SMILES string of the molecule is CC1CCCC(NS(=O)(=O)c2ccc(F)cc2)CC1. The zero-order valence-corrected chi connectivity index (χ0v) is 11.9. The third-order valence-electron chi connectivity index (χ3n) is 3.70. The summed E-state index contributed by atoms with van der Waals surface area (Å²) in [5.41, 5.74) is 0. The van der Waals surface area contributed by atoms with E-state index < -0.39 is 15.8 Å². The summed E-state index contributed by atoms with van der Waals surface area (Å²) < 4.78 is 39.9. The lowest BCUT2D eigenvalue weighted by Crippen LogP contribution is -2.34. The lowest BCUT2D eigenvalue weighted by atomic mass is 10.0. The number of hydrogen-bond donors (Lipinski definition) is 1. The molecule has 0 aliphatic heterocycles. The van der Waals surface area contributed by atoms with E-state index in [0.29, 0.717) is 5.92 Å². The minimum atomic E-state index is -3.53. The molecule has 19 heavy (non-hydrogen) atoms. The fourth-order valence-electron chi connectivity index (χ4n) is 2.51. The molecular weight excluding hydrogens is 265 g/mol. The lowest BCUT2D eigenvalue weighted by Gasteiger charge is -2.16. The molecule has 2 unspecified atom stereocenters. The summed E-state index contributed by atoms with van der Waals surface area (Å²) in [6, 6.07) is 4.95. The zero-order valence-electron chi connectivity index (χ0n) is 11.1. The smallest absolute Gasteiger partial charge is 0.208 e. The van der Waals surface area contributed by atoms with Crippen LogP contribution in [0.15, 0.2) is 29.2 Å². The highest BCUT2D eigenvalue weighted by molar-refractivity contribution is 7.89. The summed E-state index contributed by atoms with van der Waals surface area (Å²) in [7, 11) is -3.53. The van der Waals surface area contributed by atoms with Crippen LogP contribution in [0.3, 0.4) is 0 Å². The van der Waals surface area contributed by atoms with E-state index in [4.69, 9.17) is 0 Å². The van der Waals surface area contributed by atoms with Crippen molar-refractivity contribution >= 4 is 10.0 Å². The van der Waals surface area contributed by atoms with Crippen LogP contribution in [0.2, 0.25) is 0 Å². The number of halogens is 1. The first-order chi connectivity index (χ1) is 8.97. The summed E-state index contributed by atoms with van der Waals surface area (Å²) in [6.07, 6.45) is 5.02. The Morgan fingerprint density at radius 3 is 2.47 bits per heavy atom. The van der Waals surface area contributed by atoms with E-state index >= 15 is 0 Å².